The second kappa shape index (κ2) is 6.61. The van der Waals surface area contributed by atoms with Crippen LogP contribution >= 0.6 is 0 Å². The molecule has 4 rings (SSSR count). The van der Waals surface area contributed by atoms with Crippen LogP contribution in [0, 0.1) is 0 Å². The second-order valence-electron chi connectivity index (χ2n) is 6.43. The summed E-state index contributed by atoms with van der Waals surface area (Å²) in [7, 11) is 0. The van der Waals surface area contributed by atoms with Gasteiger partial charge in [0, 0.05) is 11.1 Å². The normalized spacial score (nSPS) is 15.1. The smallest absolute Gasteiger partial charge is 0.189 e. The van der Waals surface area contributed by atoms with Crippen LogP contribution in [-0.2, 0) is 10.2 Å². The molecule has 0 unspecified atom stereocenters. The zero-order valence-corrected chi connectivity index (χ0v) is 14.5. The first kappa shape index (κ1) is 16.9. The number of Topliss-reactive ketones (excluding diaryl/α,β-unsaturated/α-hetero) is 2. The summed E-state index contributed by atoms with van der Waals surface area (Å²) in [6, 6.07) is 24.5. The van der Waals surface area contributed by atoms with Crippen LogP contribution in [0.25, 0.3) is 6.08 Å². The van der Waals surface area contributed by atoms with E-state index in [4.69, 9.17) is 0 Å². The second-order valence-corrected chi connectivity index (χ2v) is 6.43. The lowest BCUT2D eigenvalue weighted by Crippen LogP contribution is -2.45. The van der Waals surface area contributed by atoms with Crippen molar-refractivity contribution in [3.8, 4) is 0 Å². The fourth-order valence-electron chi connectivity index (χ4n) is 3.56. The molecule has 130 valence electrons. The van der Waals surface area contributed by atoms with E-state index in [0.717, 1.165) is 5.56 Å². The average molecular weight is 352 g/mol. The van der Waals surface area contributed by atoms with Crippen molar-refractivity contribution in [2.45, 2.75) is 5.41 Å². The summed E-state index contributed by atoms with van der Waals surface area (Å²) >= 11 is 0. The van der Waals surface area contributed by atoms with E-state index in [2.05, 4.69) is 0 Å². The molecule has 0 saturated heterocycles. The Kier molecular flexibility index (Phi) is 4.13. The minimum atomic E-state index is -1.85. The predicted molar refractivity (Wildman–Crippen MR) is 104 cm³/mol. The van der Waals surface area contributed by atoms with E-state index < -0.39 is 22.8 Å². The zero-order valence-electron chi connectivity index (χ0n) is 14.5. The van der Waals surface area contributed by atoms with E-state index in [1.807, 2.05) is 30.3 Å². The number of carbonyl (C=O) groups is 3. The number of rotatable bonds is 4. The van der Waals surface area contributed by atoms with Crippen LogP contribution in [0.4, 0.5) is 0 Å². The number of benzene rings is 3. The average Bonchev–Trinajstić information content (AvgIpc) is 2.96. The first-order valence-electron chi connectivity index (χ1n) is 8.67. The molecule has 0 fully saturated rings. The quantitative estimate of drug-likeness (QED) is 0.520. The molecule has 0 saturated carbocycles. The minimum Gasteiger partial charge on any atom is -0.293 e. The van der Waals surface area contributed by atoms with Crippen molar-refractivity contribution in [1.29, 1.82) is 0 Å². The van der Waals surface area contributed by atoms with Crippen molar-refractivity contribution < 1.29 is 14.4 Å². The van der Waals surface area contributed by atoms with Gasteiger partial charge in [0.1, 0.15) is 0 Å². The molecule has 0 heterocycles. The molecule has 3 aromatic carbocycles. The maximum Gasteiger partial charge on any atom is 0.189 e. The van der Waals surface area contributed by atoms with Gasteiger partial charge in [-0.15, -0.1) is 0 Å². The summed E-state index contributed by atoms with van der Waals surface area (Å²) in [5, 5.41) is 0. The maximum absolute atomic E-state index is 13.3. The maximum atomic E-state index is 13.3. The SMILES string of the molecule is O=C(C=Cc1ccccc1)C1(c2ccccc2)C(=O)c2ccccc2C1=O. The molecule has 1 aliphatic carbocycles. The van der Waals surface area contributed by atoms with Gasteiger partial charge in [0.15, 0.2) is 22.8 Å². The molecule has 1 aliphatic rings. The molecule has 0 radical (unpaired) electrons. The minimum absolute atomic E-state index is 0.299. The first-order chi connectivity index (χ1) is 13.2. The van der Waals surface area contributed by atoms with Gasteiger partial charge in [-0.1, -0.05) is 91.0 Å². The standard InChI is InChI=1S/C24H16O3/c25-21(16-15-17-9-3-1-4-10-17)24(18-11-5-2-6-12-18)22(26)19-13-7-8-14-20(19)23(24)27/h1-16H. The van der Waals surface area contributed by atoms with Crippen LogP contribution in [0.3, 0.4) is 0 Å². The Hall–Kier alpha value is -3.59. The van der Waals surface area contributed by atoms with Crippen molar-refractivity contribution in [1.82, 2.24) is 0 Å². The van der Waals surface area contributed by atoms with Gasteiger partial charge in [0.05, 0.1) is 0 Å². The largest absolute Gasteiger partial charge is 0.293 e. The fourth-order valence-corrected chi connectivity index (χ4v) is 3.56. The third kappa shape index (κ3) is 2.56. The summed E-state index contributed by atoms with van der Waals surface area (Å²) in [5.74, 6) is -1.45. The number of hydrogen-bond donors (Lipinski definition) is 0. The molecule has 0 amide bonds. The molecule has 3 aromatic rings. The highest BCUT2D eigenvalue weighted by molar-refractivity contribution is 6.45. The zero-order chi connectivity index (χ0) is 18.9. The summed E-state index contributed by atoms with van der Waals surface area (Å²) in [6.07, 6.45) is 2.97. The summed E-state index contributed by atoms with van der Waals surface area (Å²) in [5.41, 5.74) is -0.0278. The van der Waals surface area contributed by atoms with Crippen molar-refractivity contribution in [2.75, 3.05) is 0 Å². The van der Waals surface area contributed by atoms with E-state index >= 15 is 0 Å². The monoisotopic (exact) mass is 352 g/mol. The summed E-state index contributed by atoms with van der Waals surface area (Å²) < 4.78 is 0. The van der Waals surface area contributed by atoms with Crippen LogP contribution in [-0.4, -0.2) is 17.3 Å². The molecule has 0 aromatic heterocycles. The van der Waals surface area contributed by atoms with Gasteiger partial charge in [-0.25, -0.2) is 0 Å². The van der Waals surface area contributed by atoms with Crippen molar-refractivity contribution in [3.63, 3.8) is 0 Å². The Bertz CT molecular complexity index is 1030. The van der Waals surface area contributed by atoms with Crippen molar-refractivity contribution >= 4 is 23.4 Å². The van der Waals surface area contributed by atoms with Gasteiger partial charge in [-0.2, -0.15) is 0 Å². The van der Waals surface area contributed by atoms with Gasteiger partial charge >= 0.3 is 0 Å². The van der Waals surface area contributed by atoms with Crippen molar-refractivity contribution in [2.24, 2.45) is 0 Å². The van der Waals surface area contributed by atoms with Gasteiger partial charge in [0.25, 0.3) is 0 Å². The van der Waals surface area contributed by atoms with Gasteiger partial charge in [-0.3, -0.25) is 14.4 Å². The lowest BCUT2D eigenvalue weighted by Gasteiger charge is -2.23. The number of hydrogen-bond acceptors (Lipinski definition) is 3. The Labute approximate surface area is 157 Å². The topological polar surface area (TPSA) is 51.2 Å². The van der Waals surface area contributed by atoms with Crippen LogP contribution in [0.5, 0.6) is 0 Å². The molecule has 0 aliphatic heterocycles. The van der Waals surface area contributed by atoms with E-state index in [0.29, 0.717) is 16.7 Å². The fraction of sp³-hybridized carbons (Fsp3) is 0.0417. The molecule has 0 bridgehead atoms. The van der Waals surface area contributed by atoms with E-state index in [1.54, 1.807) is 60.7 Å². The lowest BCUT2D eigenvalue weighted by molar-refractivity contribution is -0.116. The van der Waals surface area contributed by atoms with Crippen LogP contribution in [0.1, 0.15) is 31.8 Å². The number of carbonyl (C=O) groups excluding carboxylic acids is 3. The highest BCUT2D eigenvalue weighted by Crippen LogP contribution is 2.41. The molecule has 3 heteroatoms. The van der Waals surface area contributed by atoms with Crippen LogP contribution < -0.4 is 0 Å². The molecular weight excluding hydrogens is 336 g/mol. The van der Waals surface area contributed by atoms with E-state index in [9.17, 15) is 14.4 Å². The Morgan fingerprint density at radius 1 is 0.667 bits per heavy atom. The van der Waals surface area contributed by atoms with Gasteiger partial charge < -0.3 is 0 Å². The molecule has 0 N–H and O–H groups in total. The molecule has 0 spiro atoms. The summed E-state index contributed by atoms with van der Waals surface area (Å²) in [4.78, 5) is 39.9. The number of ketones is 3. The molecule has 3 nitrogen and oxygen atoms in total. The molecule has 0 atom stereocenters. The lowest BCUT2D eigenvalue weighted by atomic mass is 9.72. The highest BCUT2D eigenvalue weighted by atomic mass is 16.2. The Morgan fingerprint density at radius 3 is 1.70 bits per heavy atom. The van der Waals surface area contributed by atoms with E-state index in [-0.39, 0.29) is 0 Å². The third-order valence-electron chi connectivity index (χ3n) is 4.90. The first-order valence-corrected chi connectivity index (χ1v) is 8.67. The predicted octanol–water partition coefficient (Wildman–Crippen LogP) is 4.29. The molecule has 27 heavy (non-hydrogen) atoms. The van der Waals surface area contributed by atoms with Crippen molar-refractivity contribution in [3.05, 3.63) is 113 Å². The van der Waals surface area contributed by atoms with Crippen LogP contribution in [0.15, 0.2) is 91.0 Å². The Balaban J connectivity index is 1.87. The van der Waals surface area contributed by atoms with Gasteiger partial charge in [0.2, 0.25) is 0 Å². The number of allylic oxidation sites excluding steroid dienone is 1. The van der Waals surface area contributed by atoms with Crippen LogP contribution in [0.2, 0.25) is 0 Å². The third-order valence-corrected chi connectivity index (χ3v) is 4.90. The highest BCUT2D eigenvalue weighted by Gasteiger charge is 2.58. The summed E-state index contributed by atoms with van der Waals surface area (Å²) in [6.45, 7) is 0. The van der Waals surface area contributed by atoms with E-state index in [1.165, 1.54) is 6.08 Å². The Morgan fingerprint density at radius 2 is 1.15 bits per heavy atom. The number of fused-ring (bicyclic) bond motifs is 1. The molecular formula is C24H16O3. The van der Waals surface area contributed by atoms with Gasteiger partial charge in [-0.05, 0) is 17.2 Å².